The molecule has 0 saturated carbocycles. The Kier molecular flexibility index (Phi) is 8.99. The molecule has 0 aliphatic heterocycles. The van der Waals surface area contributed by atoms with E-state index in [1.807, 2.05) is 0 Å². The number of benzene rings is 5. The Morgan fingerprint density at radius 1 is 0.583 bits per heavy atom. The molecule has 0 fully saturated rings. The second kappa shape index (κ2) is 12.6. The summed E-state index contributed by atoms with van der Waals surface area (Å²) in [4.78, 5) is 5.50. The number of para-hydroxylation sites is 3. The number of allylic oxidation sites excluding steroid dienone is 2. The van der Waals surface area contributed by atoms with Crippen LogP contribution in [0.15, 0.2) is 65.5 Å². The van der Waals surface area contributed by atoms with Crippen LogP contribution in [0.3, 0.4) is 0 Å². The summed E-state index contributed by atoms with van der Waals surface area (Å²) in [5.41, 5.74) is 22.8. The van der Waals surface area contributed by atoms with Crippen molar-refractivity contribution in [1.82, 2.24) is 9.55 Å². The number of fused-ring (bicyclic) bond motifs is 2. The fourth-order valence-electron chi connectivity index (χ4n) is 7.87. The van der Waals surface area contributed by atoms with Crippen molar-refractivity contribution < 1.29 is 0 Å². The van der Waals surface area contributed by atoms with Gasteiger partial charge in [-0.3, -0.25) is 0 Å². The molecule has 0 saturated heterocycles. The fourth-order valence-corrected chi connectivity index (χ4v) is 7.87. The topological polar surface area (TPSA) is 17.8 Å². The molecule has 1 heterocycles. The molecule has 0 bridgehead atoms. The number of imidazole rings is 1. The van der Waals surface area contributed by atoms with Gasteiger partial charge in [0.15, 0.2) is 0 Å². The maximum absolute atomic E-state index is 5.50. The van der Waals surface area contributed by atoms with Gasteiger partial charge in [-0.05, 0) is 0 Å². The van der Waals surface area contributed by atoms with E-state index in [9.17, 15) is 0 Å². The van der Waals surface area contributed by atoms with Crippen LogP contribution in [0.5, 0.6) is 0 Å². The molecule has 218 valence electrons. The van der Waals surface area contributed by atoms with Crippen LogP contribution in [-0.4, -0.2) is 111 Å². The third-order valence-electron chi connectivity index (χ3n) is 11.8. The van der Waals surface area contributed by atoms with Crippen LogP contribution >= 0.6 is 0 Å². The zero-order valence-electron chi connectivity index (χ0n) is 31.3. The van der Waals surface area contributed by atoms with Crippen molar-refractivity contribution in [2.75, 3.05) is 0 Å². The van der Waals surface area contributed by atoms with E-state index in [4.69, 9.17) is 12.5 Å². The molecule has 0 N–H and O–H groups in total. The second-order valence-electron chi connectivity index (χ2n) is 14.2. The van der Waals surface area contributed by atoms with E-state index in [-0.39, 0.29) is 0 Å². The molecule has 0 spiro atoms. The molecule has 0 radical (unpaired) electrons. The summed E-state index contributed by atoms with van der Waals surface area (Å²) >= 11 is 0. The van der Waals surface area contributed by atoms with Crippen molar-refractivity contribution >= 4 is 178 Å². The Bertz CT molecular complexity index is 2470. The first kappa shape index (κ1) is 34.2. The van der Waals surface area contributed by atoms with Crippen LogP contribution in [0, 0.1) is 5.11 Å². The van der Waals surface area contributed by atoms with Crippen molar-refractivity contribution in [3.05, 3.63) is 75.9 Å². The first-order valence-corrected chi connectivity index (χ1v) is 17.2. The number of aromatic nitrogens is 2. The molecule has 15 heteroatoms. The van der Waals surface area contributed by atoms with Gasteiger partial charge < -0.3 is 0 Å². The van der Waals surface area contributed by atoms with Crippen LogP contribution in [0.4, 0.5) is 0 Å². The van der Waals surface area contributed by atoms with E-state index in [0.717, 1.165) is 33.2 Å². The molecule has 5 aromatic carbocycles. The van der Waals surface area contributed by atoms with Gasteiger partial charge in [0, 0.05) is 0 Å². The Morgan fingerprint density at radius 2 is 1.06 bits per heavy atom. The van der Waals surface area contributed by atoms with Crippen molar-refractivity contribution in [2.45, 2.75) is 6.92 Å². The van der Waals surface area contributed by atoms with E-state index in [1.54, 1.807) is 0 Å². The molecule has 0 amide bonds. The Hall–Kier alpha value is -3.72. The van der Waals surface area contributed by atoms with Crippen molar-refractivity contribution in [3.63, 3.8) is 0 Å². The Morgan fingerprint density at radius 3 is 1.62 bits per heavy atom. The SMILES string of the molecule is B=c1c(-c2c(B)c(B)c(B)c(B)c2B)c2c(B)c(B)c(B)c(B)c2c(-c2nc3ccccc3n2-c2ccccc2)/c1=C(B)/C(B)=C(/B)C. The normalized spacial score (nSPS) is 12.8. The quantitative estimate of drug-likeness (QED) is 0.184. The van der Waals surface area contributed by atoms with E-state index in [2.05, 4.69) is 160 Å². The van der Waals surface area contributed by atoms with E-state index >= 15 is 0 Å². The summed E-state index contributed by atoms with van der Waals surface area (Å²) in [5.74, 6) is 0.954. The average molecular weight is 602 g/mol. The average Bonchev–Trinajstić information content (AvgIpc) is 3.47. The van der Waals surface area contributed by atoms with E-state index < -0.39 is 0 Å². The molecular formula is C33H37B13N2. The van der Waals surface area contributed by atoms with Crippen LogP contribution in [0.1, 0.15) is 6.92 Å². The Balaban J connectivity index is 2.05. The monoisotopic (exact) mass is 604 g/mol. The molecule has 0 atom stereocenters. The molecule has 0 aliphatic carbocycles. The standard InChI is InChI=1S/C33H37B13N2/c1-11(34)21(35)25(39)20-18(33-47-13-9-5-6-10-14(13)48(33)12-7-3-2-4-8-12)16-15(23(37)28(42)29(43)24(16)38)17(22(20)36)19-26(40)30(44)32(46)31(45)27(19)41/h2-10,36H,34-35,37-46H2,1H3/b21-11-,25-20+. The van der Waals surface area contributed by atoms with E-state index in [0.29, 0.717) is 0 Å². The maximum atomic E-state index is 5.50. The molecule has 2 nitrogen and oxygen atoms in total. The molecule has 0 unspecified atom stereocenters. The zero-order chi connectivity index (χ0) is 34.9. The van der Waals surface area contributed by atoms with Crippen molar-refractivity contribution in [3.8, 4) is 28.2 Å². The van der Waals surface area contributed by atoms with Crippen LogP contribution in [0.2, 0.25) is 0 Å². The minimum atomic E-state index is 0.954. The summed E-state index contributed by atoms with van der Waals surface area (Å²) in [7, 11) is 32.4. The van der Waals surface area contributed by atoms with Gasteiger partial charge in [-0.1, -0.05) is 0 Å². The molecule has 6 rings (SSSR count). The van der Waals surface area contributed by atoms with Crippen LogP contribution < -0.4 is 54.4 Å². The minimum absolute atomic E-state index is 0.954. The third kappa shape index (κ3) is 5.06. The number of hydrogen-bond donors (Lipinski definition) is 0. The predicted molar refractivity (Wildman–Crippen MR) is 250 cm³/mol. The fraction of sp³-hybridized carbons (Fsp3) is 0.0303. The first-order valence-electron chi connectivity index (χ1n) is 17.2. The summed E-state index contributed by atoms with van der Waals surface area (Å²) in [6, 6.07) is 19.2. The summed E-state index contributed by atoms with van der Waals surface area (Å²) in [6.07, 6.45) is 0. The summed E-state index contributed by atoms with van der Waals surface area (Å²) < 4.78 is 2.36. The van der Waals surface area contributed by atoms with Gasteiger partial charge in [-0.2, -0.15) is 0 Å². The molecule has 6 aromatic rings. The van der Waals surface area contributed by atoms with Crippen molar-refractivity contribution in [1.29, 1.82) is 0 Å². The summed E-state index contributed by atoms with van der Waals surface area (Å²) in [6.45, 7) is 2.21. The van der Waals surface area contributed by atoms with Gasteiger partial charge in [-0.25, -0.2) is 0 Å². The molecule has 0 aliphatic rings. The molecule has 48 heavy (non-hydrogen) atoms. The van der Waals surface area contributed by atoms with Gasteiger partial charge in [-0.15, -0.1) is 0 Å². The predicted octanol–water partition coefficient (Wildman–Crippen LogP) is -11.8. The second-order valence-corrected chi connectivity index (χ2v) is 14.2. The van der Waals surface area contributed by atoms with Gasteiger partial charge >= 0.3 is 299 Å². The summed E-state index contributed by atoms with van der Waals surface area (Å²) in [5, 5.41) is 4.82. The van der Waals surface area contributed by atoms with Gasteiger partial charge in [0.25, 0.3) is 0 Å². The van der Waals surface area contributed by atoms with E-state index in [1.165, 1.54) is 92.7 Å². The zero-order valence-corrected chi connectivity index (χ0v) is 31.3. The Labute approximate surface area is 297 Å². The number of nitrogens with zero attached hydrogens (tertiary/aromatic N) is 2. The number of hydrogen-bond acceptors (Lipinski definition) is 1. The van der Waals surface area contributed by atoms with Gasteiger partial charge in [0.05, 0.1) is 0 Å². The molecular weight excluding hydrogens is 565 g/mol. The van der Waals surface area contributed by atoms with Crippen LogP contribution in [0.25, 0.3) is 55.5 Å². The van der Waals surface area contributed by atoms with Gasteiger partial charge in [0.1, 0.15) is 0 Å². The first-order chi connectivity index (χ1) is 22.7. The third-order valence-corrected chi connectivity index (χ3v) is 11.8. The van der Waals surface area contributed by atoms with Crippen LogP contribution in [-0.2, 0) is 0 Å². The van der Waals surface area contributed by atoms with Gasteiger partial charge in [0.2, 0.25) is 0 Å². The number of rotatable bonds is 4. The van der Waals surface area contributed by atoms with Crippen molar-refractivity contribution in [2.24, 2.45) is 0 Å². The molecule has 1 aromatic heterocycles.